The number of halogens is 3. The van der Waals surface area contributed by atoms with E-state index in [1.54, 1.807) is 65.0 Å². The minimum atomic E-state index is -3.79. The van der Waals surface area contributed by atoms with E-state index in [2.05, 4.69) is 10.6 Å². The number of hydrogen-bond donors (Lipinski definition) is 2. The van der Waals surface area contributed by atoms with Crippen molar-refractivity contribution in [2.45, 2.75) is 48.6 Å². The molecule has 0 unspecified atom stereocenters. The van der Waals surface area contributed by atoms with Crippen LogP contribution in [0.5, 0.6) is 0 Å². The van der Waals surface area contributed by atoms with Crippen LogP contribution in [0.3, 0.4) is 0 Å². The second-order valence-electron chi connectivity index (χ2n) is 12.0. The van der Waals surface area contributed by atoms with E-state index in [1.165, 1.54) is 36.4 Å². The first-order valence-corrected chi connectivity index (χ1v) is 16.4. The third-order valence-electron chi connectivity index (χ3n) is 9.00. The predicted octanol–water partition coefficient (Wildman–Crippen LogP) is 6.25. The minimum absolute atomic E-state index is 0.0474. The van der Waals surface area contributed by atoms with Crippen molar-refractivity contribution in [1.82, 2.24) is 9.62 Å². The van der Waals surface area contributed by atoms with Crippen molar-refractivity contribution >= 4 is 21.6 Å². The number of benzene rings is 4. The molecule has 10 heteroatoms. The fourth-order valence-corrected chi connectivity index (χ4v) is 8.42. The number of nitrogens with one attached hydrogen (secondary N) is 2. The van der Waals surface area contributed by atoms with Gasteiger partial charge in [0.15, 0.2) is 0 Å². The second-order valence-corrected chi connectivity index (χ2v) is 13.9. The van der Waals surface area contributed by atoms with Crippen LogP contribution in [0.25, 0.3) is 0 Å². The number of carbonyl (C=O) groups excluding carboxylic acids is 1. The summed E-state index contributed by atoms with van der Waals surface area (Å²) in [6, 6.07) is 24.4. The third kappa shape index (κ3) is 6.40. The first-order valence-electron chi connectivity index (χ1n) is 15.0. The Kier molecular flexibility index (Phi) is 8.56. The molecule has 1 saturated heterocycles. The number of amides is 1. The summed E-state index contributed by atoms with van der Waals surface area (Å²) in [6.45, 7) is 2.67. The molecule has 0 aromatic heterocycles. The van der Waals surface area contributed by atoms with Gasteiger partial charge in [-0.2, -0.15) is 4.31 Å². The molecule has 1 aliphatic carbocycles. The van der Waals surface area contributed by atoms with Gasteiger partial charge in [0.2, 0.25) is 15.9 Å². The average Bonchev–Trinajstić information content (AvgIpc) is 3.72. The summed E-state index contributed by atoms with van der Waals surface area (Å²) in [4.78, 5) is 13.7. The Morgan fingerprint density at radius 1 is 0.911 bits per heavy atom. The van der Waals surface area contributed by atoms with Crippen molar-refractivity contribution in [3.63, 3.8) is 0 Å². The van der Waals surface area contributed by atoms with Crippen LogP contribution in [-0.2, 0) is 21.2 Å². The molecule has 2 aliphatic rings. The molecule has 6 rings (SSSR count). The summed E-state index contributed by atoms with van der Waals surface area (Å²) in [5.41, 5.74) is 1.27. The molecule has 4 aromatic carbocycles. The highest BCUT2D eigenvalue weighted by Gasteiger charge is 2.63. The number of piperazine rings is 1. The van der Waals surface area contributed by atoms with Crippen LogP contribution in [-0.4, -0.2) is 43.3 Å². The first kappa shape index (κ1) is 31.0. The van der Waals surface area contributed by atoms with Crippen LogP contribution >= 0.6 is 0 Å². The van der Waals surface area contributed by atoms with E-state index >= 15 is 4.39 Å². The molecule has 2 N–H and O–H groups in total. The molecule has 3 atom stereocenters. The van der Waals surface area contributed by atoms with Gasteiger partial charge in [0.25, 0.3) is 0 Å². The Labute approximate surface area is 261 Å². The maximum absolute atomic E-state index is 15.4. The van der Waals surface area contributed by atoms with Crippen molar-refractivity contribution in [2.75, 3.05) is 18.4 Å². The first-order chi connectivity index (χ1) is 21.6. The van der Waals surface area contributed by atoms with Crippen LogP contribution in [0.15, 0.2) is 102 Å². The van der Waals surface area contributed by atoms with Crippen LogP contribution in [0.2, 0.25) is 0 Å². The Morgan fingerprint density at radius 2 is 1.53 bits per heavy atom. The molecule has 1 saturated carbocycles. The van der Waals surface area contributed by atoms with Gasteiger partial charge < -0.3 is 10.6 Å². The largest absolute Gasteiger partial charge is 0.326 e. The fraction of sp³-hybridized carbons (Fsp3) is 0.286. The number of sulfonamides is 1. The predicted molar refractivity (Wildman–Crippen MR) is 167 cm³/mol. The number of nitrogens with zero attached hydrogens (tertiary/aromatic N) is 1. The van der Waals surface area contributed by atoms with E-state index in [9.17, 15) is 22.0 Å². The maximum Gasteiger partial charge on any atom is 0.243 e. The number of anilines is 1. The van der Waals surface area contributed by atoms with Gasteiger partial charge >= 0.3 is 0 Å². The molecule has 234 valence electrons. The zero-order valence-corrected chi connectivity index (χ0v) is 25.5. The number of rotatable bonds is 9. The topological polar surface area (TPSA) is 78.5 Å². The van der Waals surface area contributed by atoms with Crippen LogP contribution in [0.1, 0.15) is 42.4 Å². The van der Waals surface area contributed by atoms with Gasteiger partial charge in [-0.3, -0.25) is 4.79 Å². The van der Waals surface area contributed by atoms with E-state index in [0.29, 0.717) is 41.9 Å². The highest BCUT2D eigenvalue weighted by atomic mass is 32.2. The van der Waals surface area contributed by atoms with Crippen molar-refractivity contribution in [3.05, 3.63) is 131 Å². The molecule has 1 heterocycles. The average molecular weight is 634 g/mol. The normalized spacial score (nSPS) is 21.6. The molecule has 1 amide bonds. The Bertz CT molecular complexity index is 1740. The van der Waals surface area contributed by atoms with Crippen molar-refractivity contribution in [1.29, 1.82) is 0 Å². The summed E-state index contributed by atoms with van der Waals surface area (Å²) < 4.78 is 71.8. The van der Waals surface area contributed by atoms with Crippen molar-refractivity contribution < 1.29 is 26.4 Å². The van der Waals surface area contributed by atoms with Gasteiger partial charge in [-0.15, -0.1) is 0 Å². The highest BCUT2D eigenvalue weighted by Crippen LogP contribution is 2.53. The summed E-state index contributed by atoms with van der Waals surface area (Å²) in [5, 5.41) is 6.28. The van der Waals surface area contributed by atoms with Gasteiger partial charge in [0.1, 0.15) is 17.5 Å². The van der Waals surface area contributed by atoms with E-state index < -0.39 is 44.8 Å². The molecule has 1 aliphatic heterocycles. The molecule has 2 fully saturated rings. The summed E-state index contributed by atoms with van der Waals surface area (Å²) >= 11 is 0. The zero-order valence-electron chi connectivity index (χ0n) is 24.7. The summed E-state index contributed by atoms with van der Waals surface area (Å²) in [5.74, 6) is -2.38. The Balaban J connectivity index is 1.23. The summed E-state index contributed by atoms with van der Waals surface area (Å²) in [7, 11) is -3.79. The number of hydrogen-bond acceptors (Lipinski definition) is 4. The molecule has 0 radical (unpaired) electrons. The highest BCUT2D eigenvalue weighted by molar-refractivity contribution is 7.89. The quantitative estimate of drug-likeness (QED) is 0.229. The van der Waals surface area contributed by atoms with Gasteiger partial charge in [-0.25, -0.2) is 21.6 Å². The lowest BCUT2D eigenvalue weighted by Crippen LogP contribution is -2.60. The van der Waals surface area contributed by atoms with Crippen LogP contribution < -0.4 is 10.6 Å². The molecular formula is C35H34F3N3O3S. The third-order valence-corrected chi connectivity index (χ3v) is 11.0. The minimum Gasteiger partial charge on any atom is -0.326 e. The molecule has 0 bridgehead atoms. The van der Waals surface area contributed by atoms with Gasteiger partial charge in [0, 0.05) is 42.7 Å². The Hall–Kier alpha value is -3.99. The standard InChI is InChI=1S/C35H34F3N3O3S/c1-23-21-41(45(43,44)29-6-3-2-4-7-29)35(22-39-23)20-26(35)18-31-32(38)8-5-9-33(31)40-34(42)19-30(24-10-14-27(36)15-11-24)25-12-16-28(37)17-13-25/h2-17,23,26,30,39H,18-22H2,1H3,(H,40,42)/t23-,26-,35+/m1/s1. The second kappa shape index (κ2) is 12.4. The lowest BCUT2D eigenvalue weighted by molar-refractivity contribution is -0.116. The van der Waals surface area contributed by atoms with E-state index in [4.69, 9.17) is 0 Å². The van der Waals surface area contributed by atoms with E-state index in [-0.39, 0.29) is 29.7 Å². The number of carbonyl (C=O) groups is 1. The fourth-order valence-electron chi connectivity index (χ4n) is 6.48. The zero-order chi connectivity index (χ0) is 31.8. The van der Waals surface area contributed by atoms with Crippen LogP contribution in [0, 0.1) is 23.4 Å². The van der Waals surface area contributed by atoms with Gasteiger partial charge in [-0.1, -0.05) is 48.5 Å². The SMILES string of the molecule is C[C@@H]1CN(S(=O)(=O)c2ccccc2)[C@]2(CN1)C[C@H]2Cc1c(F)cccc1NC(=O)CC(c1ccc(F)cc1)c1ccc(F)cc1. The van der Waals surface area contributed by atoms with Gasteiger partial charge in [0.05, 0.1) is 10.4 Å². The van der Waals surface area contributed by atoms with E-state index in [1.807, 2.05) is 6.92 Å². The van der Waals surface area contributed by atoms with Crippen molar-refractivity contribution in [3.8, 4) is 0 Å². The molecule has 45 heavy (non-hydrogen) atoms. The lowest BCUT2D eigenvalue weighted by Gasteiger charge is -2.40. The smallest absolute Gasteiger partial charge is 0.243 e. The molecular weight excluding hydrogens is 599 g/mol. The summed E-state index contributed by atoms with van der Waals surface area (Å²) in [6.07, 6.45) is 0.738. The molecule has 6 nitrogen and oxygen atoms in total. The van der Waals surface area contributed by atoms with E-state index in [0.717, 1.165) is 0 Å². The van der Waals surface area contributed by atoms with Crippen LogP contribution in [0.4, 0.5) is 18.9 Å². The Morgan fingerprint density at radius 3 is 2.16 bits per heavy atom. The van der Waals surface area contributed by atoms with Crippen molar-refractivity contribution in [2.24, 2.45) is 5.92 Å². The molecule has 1 spiro atoms. The van der Waals surface area contributed by atoms with Gasteiger partial charge in [-0.05, 0) is 85.3 Å². The molecule has 4 aromatic rings. The lowest BCUT2D eigenvalue weighted by atomic mass is 9.88. The maximum atomic E-state index is 15.4. The monoisotopic (exact) mass is 633 g/mol.